The molecular formula is C25H25N3O. The van der Waals surface area contributed by atoms with Crippen molar-refractivity contribution in [2.45, 2.75) is 39.2 Å². The van der Waals surface area contributed by atoms with E-state index >= 15 is 0 Å². The predicted octanol–water partition coefficient (Wildman–Crippen LogP) is 4.82. The first-order chi connectivity index (χ1) is 14.0. The molecule has 29 heavy (non-hydrogen) atoms. The fourth-order valence-electron chi connectivity index (χ4n) is 3.88. The van der Waals surface area contributed by atoms with E-state index in [-0.39, 0.29) is 5.78 Å². The average Bonchev–Trinajstić information content (AvgIpc) is 3.15. The van der Waals surface area contributed by atoms with Gasteiger partial charge in [0.2, 0.25) is 0 Å². The molecule has 0 spiro atoms. The van der Waals surface area contributed by atoms with E-state index in [1.165, 1.54) is 11.1 Å². The van der Waals surface area contributed by atoms with E-state index in [1.807, 2.05) is 28.9 Å². The number of fused-ring (bicyclic) bond motifs is 1. The lowest BCUT2D eigenvalue weighted by Gasteiger charge is -2.32. The van der Waals surface area contributed by atoms with Crippen LogP contribution in [-0.2, 0) is 23.2 Å². The minimum Gasteiger partial charge on any atom is -0.297 e. The molecule has 0 bridgehead atoms. The summed E-state index contributed by atoms with van der Waals surface area (Å²) in [5, 5.41) is 8.80. The van der Waals surface area contributed by atoms with Gasteiger partial charge < -0.3 is 0 Å². The van der Waals surface area contributed by atoms with Crippen LogP contribution >= 0.6 is 0 Å². The number of carbonyl (C=O) groups is 1. The van der Waals surface area contributed by atoms with Crippen LogP contribution in [0.3, 0.4) is 0 Å². The van der Waals surface area contributed by atoms with Crippen molar-refractivity contribution in [2.75, 3.05) is 0 Å². The number of rotatable bonds is 6. The van der Waals surface area contributed by atoms with Crippen LogP contribution in [-0.4, -0.2) is 20.8 Å². The number of aromatic nitrogens is 3. The number of Topliss-reactive ketones (excluding diaryl/α,β-unsaturated/α-hetero) is 1. The van der Waals surface area contributed by atoms with E-state index in [0.717, 1.165) is 22.2 Å². The summed E-state index contributed by atoms with van der Waals surface area (Å²) >= 11 is 0. The number of hydrogen-bond donors (Lipinski definition) is 0. The molecule has 0 fully saturated rings. The third kappa shape index (κ3) is 3.70. The molecule has 4 rings (SSSR count). The maximum atomic E-state index is 13.3. The number of carbonyl (C=O) groups excluding carboxylic acids is 1. The first kappa shape index (κ1) is 19.1. The van der Waals surface area contributed by atoms with Gasteiger partial charge in [-0.15, -0.1) is 5.10 Å². The van der Waals surface area contributed by atoms with Gasteiger partial charge in [-0.25, -0.2) is 4.68 Å². The maximum Gasteiger partial charge on any atom is 0.158 e. The smallest absolute Gasteiger partial charge is 0.158 e. The standard InChI is InChI=1S/C25H25N3O/c1-18-8-12-21(13-9-18)16-25(20(3)29,17-22-14-10-19(2)11-15-22)28-24-7-5-4-6-23(24)26-27-28/h4-15H,16-17H2,1-3H3. The third-order valence-electron chi connectivity index (χ3n) is 5.65. The van der Waals surface area contributed by atoms with Crippen molar-refractivity contribution in [1.82, 2.24) is 15.0 Å². The zero-order valence-corrected chi connectivity index (χ0v) is 17.1. The van der Waals surface area contributed by atoms with Gasteiger partial charge >= 0.3 is 0 Å². The van der Waals surface area contributed by atoms with Crippen LogP contribution in [0.5, 0.6) is 0 Å². The van der Waals surface area contributed by atoms with E-state index in [1.54, 1.807) is 6.92 Å². The zero-order valence-electron chi connectivity index (χ0n) is 17.1. The van der Waals surface area contributed by atoms with Gasteiger partial charge in [0.1, 0.15) is 11.1 Å². The van der Waals surface area contributed by atoms with Crippen LogP contribution in [0, 0.1) is 13.8 Å². The number of hydrogen-bond acceptors (Lipinski definition) is 3. The molecule has 4 nitrogen and oxygen atoms in total. The monoisotopic (exact) mass is 383 g/mol. The Bertz CT molecular complexity index is 1090. The van der Waals surface area contributed by atoms with Gasteiger partial charge in [-0.1, -0.05) is 77.0 Å². The lowest BCUT2D eigenvalue weighted by molar-refractivity contribution is -0.126. The van der Waals surface area contributed by atoms with Crippen LogP contribution in [0.4, 0.5) is 0 Å². The average molecular weight is 383 g/mol. The molecule has 4 heteroatoms. The molecule has 1 heterocycles. The first-order valence-corrected chi connectivity index (χ1v) is 9.91. The molecule has 3 aromatic carbocycles. The molecule has 146 valence electrons. The van der Waals surface area contributed by atoms with Gasteiger partial charge in [-0.2, -0.15) is 0 Å². The number of benzene rings is 3. The van der Waals surface area contributed by atoms with Crippen LogP contribution in [0.25, 0.3) is 11.0 Å². The molecule has 0 aliphatic carbocycles. The van der Waals surface area contributed by atoms with Crippen molar-refractivity contribution in [1.29, 1.82) is 0 Å². The second kappa shape index (κ2) is 7.63. The van der Waals surface area contributed by atoms with Crippen LogP contribution in [0.15, 0.2) is 72.8 Å². The SMILES string of the molecule is CC(=O)C(Cc1ccc(C)cc1)(Cc1ccc(C)cc1)n1nnc2ccccc21. The fourth-order valence-corrected chi connectivity index (χ4v) is 3.88. The predicted molar refractivity (Wildman–Crippen MR) is 116 cm³/mol. The Labute approximate surface area is 171 Å². The Kier molecular flexibility index (Phi) is 5.01. The Morgan fingerprint density at radius 1 is 0.828 bits per heavy atom. The molecule has 0 radical (unpaired) electrons. The summed E-state index contributed by atoms with van der Waals surface area (Å²) in [4.78, 5) is 13.3. The zero-order chi connectivity index (χ0) is 20.4. The van der Waals surface area contributed by atoms with Crippen molar-refractivity contribution < 1.29 is 4.79 Å². The quantitative estimate of drug-likeness (QED) is 0.480. The Morgan fingerprint density at radius 2 is 1.34 bits per heavy atom. The van der Waals surface area contributed by atoms with Crippen LogP contribution in [0.2, 0.25) is 0 Å². The van der Waals surface area contributed by atoms with Gasteiger partial charge in [0.15, 0.2) is 5.78 Å². The Morgan fingerprint density at radius 3 is 1.86 bits per heavy atom. The lowest BCUT2D eigenvalue weighted by Crippen LogP contribution is -2.45. The van der Waals surface area contributed by atoms with Crippen LogP contribution < -0.4 is 0 Å². The fraction of sp³-hybridized carbons (Fsp3) is 0.240. The Balaban J connectivity index is 1.88. The molecule has 4 aromatic rings. The normalized spacial score (nSPS) is 11.7. The van der Waals surface area contributed by atoms with E-state index in [2.05, 4.69) is 72.7 Å². The number of ketones is 1. The number of nitrogens with zero attached hydrogens (tertiary/aromatic N) is 3. The van der Waals surface area contributed by atoms with Gasteiger partial charge in [0.05, 0.1) is 5.52 Å². The summed E-state index contributed by atoms with van der Waals surface area (Å²) in [6.07, 6.45) is 1.12. The molecule has 0 saturated carbocycles. The van der Waals surface area contributed by atoms with Gasteiger partial charge in [-0.3, -0.25) is 4.79 Å². The molecule has 1 aromatic heterocycles. The van der Waals surface area contributed by atoms with E-state index in [9.17, 15) is 4.79 Å². The van der Waals surface area contributed by atoms with Crippen molar-refractivity contribution in [3.63, 3.8) is 0 Å². The molecule has 0 saturated heterocycles. The largest absolute Gasteiger partial charge is 0.297 e. The molecule has 0 aliphatic rings. The summed E-state index contributed by atoms with van der Waals surface area (Å²) in [5.74, 6) is 0.0781. The Hall–Kier alpha value is -3.27. The summed E-state index contributed by atoms with van der Waals surface area (Å²) in [5.41, 5.74) is 5.45. The molecule has 0 unspecified atom stereocenters. The topological polar surface area (TPSA) is 47.8 Å². The third-order valence-corrected chi connectivity index (χ3v) is 5.65. The maximum absolute atomic E-state index is 13.3. The highest BCUT2D eigenvalue weighted by Crippen LogP contribution is 2.31. The van der Waals surface area contributed by atoms with Crippen molar-refractivity contribution in [2.24, 2.45) is 0 Å². The summed E-state index contributed by atoms with van der Waals surface area (Å²) in [6.45, 7) is 5.80. The second-order valence-corrected chi connectivity index (χ2v) is 7.90. The summed E-state index contributed by atoms with van der Waals surface area (Å²) in [7, 11) is 0. The highest BCUT2D eigenvalue weighted by Gasteiger charge is 2.40. The van der Waals surface area contributed by atoms with Gasteiger partial charge in [0, 0.05) is 12.8 Å². The first-order valence-electron chi connectivity index (χ1n) is 9.91. The molecule has 0 N–H and O–H groups in total. The van der Waals surface area contributed by atoms with Crippen LogP contribution in [0.1, 0.15) is 29.2 Å². The summed E-state index contributed by atoms with van der Waals surface area (Å²) in [6, 6.07) is 24.6. The minimum atomic E-state index is -0.847. The highest BCUT2D eigenvalue weighted by atomic mass is 16.1. The van der Waals surface area contributed by atoms with E-state index < -0.39 is 5.54 Å². The molecule has 0 aliphatic heterocycles. The van der Waals surface area contributed by atoms with Crippen molar-refractivity contribution in [3.8, 4) is 0 Å². The van der Waals surface area contributed by atoms with E-state index in [4.69, 9.17) is 0 Å². The lowest BCUT2D eigenvalue weighted by atomic mass is 9.81. The number of para-hydroxylation sites is 1. The van der Waals surface area contributed by atoms with Crippen molar-refractivity contribution >= 4 is 16.8 Å². The van der Waals surface area contributed by atoms with E-state index in [0.29, 0.717) is 12.8 Å². The molecule has 0 atom stereocenters. The second-order valence-electron chi connectivity index (χ2n) is 7.90. The minimum absolute atomic E-state index is 0.0781. The van der Waals surface area contributed by atoms with Gasteiger partial charge in [0.25, 0.3) is 0 Å². The summed E-state index contributed by atoms with van der Waals surface area (Å²) < 4.78 is 1.84. The molecular weight excluding hydrogens is 358 g/mol. The van der Waals surface area contributed by atoms with Crippen molar-refractivity contribution in [3.05, 3.63) is 95.1 Å². The molecule has 0 amide bonds. The highest BCUT2D eigenvalue weighted by molar-refractivity contribution is 5.87. The number of aryl methyl sites for hydroxylation is 2. The van der Waals surface area contributed by atoms with Gasteiger partial charge in [-0.05, 0) is 44.0 Å².